The van der Waals surface area contributed by atoms with Gasteiger partial charge in [0, 0.05) is 19.3 Å². The summed E-state index contributed by atoms with van der Waals surface area (Å²) in [7, 11) is 0. The van der Waals surface area contributed by atoms with Crippen molar-refractivity contribution in [3.05, 3.63) is 18.3 Å². The SMILES string of the molecule is Nc1ncccc1OCCC(=O)N1CCCCC1. The predicted octanol–water partition coefficient (Wildman–Crippen LogP) is 1.45. The van der Waals surface area contributed by atoms with Gasteiger partial charge in [0.2, 0.25) is 5.91 Å². The van der Waals surface area contributed by atoms with Crippen molar-refractivity contribution in [3.63, 3.8) is 0 Å². The number of nitrogen functional groups attached to an aromatic ring is 1. The number of amides is 1. The van der Waals surface area contributed by atoms with Crippen molar-refractivity contribution < 1.29 is 9.53 Å². The molecule has 1 aliphatic heterocycles. The summed E-state index contributed by atoms with van der Waals surface area (Å²) in [6.07, 6.45) is 5.46. The van der Waals surface area contributed by atoms with E-state index < -0.39 is 0 Å². The summed E-state index contributed by atoms with van der Waals surface area (Å²) in [6, 6.07) is 3.52. The van der Waals surface area contributed by atoms with Crippen LogP contribution in [0.2, 0.25) is 0 Å². The minimum atomic E-state index is 0.164. The van der Waals surface area contributed by atoms with Gasteiger partial charge in [-0.1, -0.05) is 0 Å². The van der Waals surface area contributed by atoms with Gasteiger partial charge in [0.25, 0.3) is 0 Å². The predicted molar refractivity (Wildman–Crippen MR) is 69.2 cm³/mol. The molecule has 1 fully saturated rings. The Morgan fingerprint density at radius 1 is 1.39 bits per heavy atom. The summed E-state index contributed by atoms with van der Waals surface area (Å²) in [6.45, 7) is 2.12. The number of anilines is 1. The first-order valence-electron chi connectivity index (χ1n) is 6.38. The third-order valence-electron chi connectivity index (χ3n) is 3.08. The van der Waals surface area contributed by atoms with Gasteiger partial charge in [-0.05, 0) is 31.4 Å². The van der Waals surface area contributed by atoms with Crippen molar-refractivity contribution in [1.82, 2.24) is 9.88 Å². The molecule has 5 nitrogen and oxygen atoms in total. The molecule has 0 atom stereocenters. The lowest BCUT2D eigenvalue weighted by Crippen LogP contribution is -2.36. The molecule has 1 amide bonds. The lowest BCUT2D eigenvalue weighted by atomic mass is 10.1. The molecule has 0 bridgehead atoms. The molecule has 2 heterocycles. The monoisotopic (exact) mass is 249 g/mol. The van der Waals surface area contributed by atoms with Crippen molar-refractivity contribution in [1.29, 1.82) is 0 Å². The second kappa shape index (κ2) is 6.23. The third-order valence-corrected chi connectivity index (χ3v) is 3.08. The summed E-state index contributed by atoms with van der Waals surface area (Å²) in [5.74, 6) is 1.07. The number of rotatable bonds is 4. The zero-order valence-electron chi connectivity index (χ0n) is 10.5. The normalized spacial score (nSPS) is 15.4. The number of nitrogens with two attached hydrogens (primary N) is 1. The number of likely N-dealkylation sites (tertiary alicyclic amines) is 1. The number of pyridine rings is 1. The highest BCUT2D eigenvalue weighted by Gasteiger charge is 2.16. The Kier molecular flexibility index (Phi) is 4.39. The molecule has 2 N–H and O–H groups in total. The number of carbonyl (C=O) groups is 1. The minimum Gasteiger partial charge on any atom is -0.489 e. The van der Waals surface area contributed by atoms with Crippen LogP contribution in [0.15, 0.2) is 18.3 Å². The number of ether oxygens (including phenoxy) is 1. The standard InChI is InChI=1S/C13H19N3O2/c14-13-11(5-4-7-15-13)18-10-6-12(17)16-8-2-1-3-9-16/h4-5,7H,1-3,6,8-10H2,(H2,14,15). The van der Waals surface area contributed by atoms with E-state index in [0.717, 1.165) is 25.9 Å². The van der Waals surface area contributed by atoms with E-state index in [4.69, 9.17) is 10.5 Å². The number of carbonyl (C=O) groups excluding carboxylic acids is 1. The molecule has 0 radical (unpaired) electrons. The Balaban J connectivity index is 1.75. The second-order valence-electron chi connectivity index (χ2n) is 4.43. The van der Waals surface area contributed by atoms with Gasteiger partial charge in [-0.15, -0.1) is 0 Å². The fraction of sp³-hybridized carbons (Fsp3) is 0.538. The quantitative estimate of drug-likeness (QED) is 0.876. The van der Waals surface area contributed by atoms with E-state index in [0.29, 0.717) is 24.6 Å². The van der Waals surface area contributed by atoms with E-state index in [1.54, 1.807) is 18.3 Å². The first-order valence-corrected chi connectivity index (χ1v) is 6.38. The summed E-state index contributed by atoms with van der Waals surface area (Å²) < 4.78 is 5.46. The maximum Gasteiger partial charge on any atom is 0.225 e. The fourth-order valence-corrected chi connectivity index (χ4v) is 2.07. The van der Waals surface area contributed by atoms with E-state index in [9.17, 15) is 4.79 Å². The van der Waals surface area contributed by atoms with Crippen LogP contribution in [-0.2, 0) is 4.79 Å². The summed E-state index contributed by atoms with van der Waals surface area (Å²) in [5, 5.41) is 0. The highest BCUT2D eigenvalue weighted by molar-refractivity contribution is 5.76. The van der Waals surface area contributed by atoms with Gasteiger partial charge < -0.3 is 15.4 Å². The molecule has 2 rings (SSSR count). The molecule has 98 valence electrons. The Bertz CT molecular complexity index is 403. The fourth-order valence-electron chi connectivity index (χ4n) is 2.07. The Labute approximate surface area is 107 Å². The Morgan fingerprint density at radius 3 is 2.89 bits per heavy atom. The highest BCUT2D eigenvalue weighted by atomic mass is 16.5. The van der Waals surface area contributed by atoms with Gasteiger partial charge >= 0.3 is 0 Å². The average molecular weight is 249 g/mol. The zero-order chi connectivity index (χ0) is 12.8. The largest absolute Gasteiger partial charge is 0.489 e. The van der Waals surface area contributed by atoms with Crippen LogP contribution in [0, 0.1) is 0 Å². The molecule has 0 unspecified atom stereocenters. The topological polar surface area (TPSA) is 68.5 Å². The minimum absolute atomic E-state index is 0.164. The van der Waals surface area contributed by atoms with Gasteiger partial charge in [0.05, 0.1) is 13.0 Å². The molecular weight excluding hydrogens is 230 g/mol. The maximum absolute atomic E-state index is 11.9. The molecule has 18 heavy (non-hydrogen) atoms. The van der Waals surface area contributed by atoms with E-state index in [2.05, 4.69) is 4.98 Å². The van der Waals surface area contributed by atoms with Crippen molar-refractivity contribution in [3.8, 4) is 5.75 Å². The van der Waals surface area contributed by atoms with Crippen LogP contribution in [0.1, 0.15) is 25.7 Å². The first-order chi connectivity index (χ1) is 8.77. The lowest BCUT2D eigenvalue weighted by molar-refractivity contribution is -0.132. The van der Waals surface area contributed by atoms with Crippen molar-refractivity contribution >= 4 is 11.7 Å². The molecular formula is C13H19N3O2. The smallest absolute Gasteiger partial charge is 0.225 e. The number of aromatic nitrogens is 1. The third kappa shape index (κ3) is 3.35. The summed E-state index contributed by atoms with van der Waals surface area (Å²) in [5.41, 5.74) is 5.65. The van der Waals surface area contributed by atoms with Crippen LogP contribution >= 0.6 is 0 Å². The van der Waals surface area contributed by atoms with Gasteiger partial charge in [-0.2, -0.15) is 0 Å². The van der Waals surface area contributed by atoms with Gasteiger partial charge in [-0.3, -0.25) is 4.79 Å². The molecule has 1 aromatic rings. The van der Waals surface area contributed by atoms with Crippen LogP contribution in [-0.4, -0.2) is 35.5 Å². The van der Waals surface area contributed by atoms with Crippen molar-refractivity contribution in [2.75, 3.05) is 25.4 Å². The molecule has 1 saturated heterocycles. The van der Waals surface area contributed by atoms with E-state index >= 15 is 0 Å². The molecule has 0 spiro atoms. The molecule has 0 saturated carbocycles. The van der Waals surface area contributed by atoms with E-state index in [1.807, 2.05) is 4.90 Å². The van der Waals surface area contributed by atoms with Crippen LogP contribution in [0.4, 0.5) is 5.82 Å². The van der Waals surface area contributed by atoms with Gasteiger partial charge in [-0.25, -0.2) is 4.98 Å². The van der Waals surface area contributed by atoms with Crippen molar-refractivity contribution in [2.45, 2.75) is 25.7 Å². The van der Waals surface area contributed by atoms with Gasteiger partial charge in [0.1, 0.15) is 0 Å². The average Bonchev–Trinajstić information content (AvgIpc) is 2.42. The number of hydrogen-bond acceptors (Lipinski definition) is 4. The first kappa shape index (κ1) is 12.7. The van der Waals surface area contributed by atoms with Crippen molar-refractivity contribution in [2.24, 2.45) is 0 Å². The lowest BCUT2D eigenvalue weighted by Gasteiger charge is -2.26. The Morgan fingerprint density at radius 2 is 2.17 bits per heavy atom. The molecule has 1 aliphatic rings. The maximum atomic E-state index is 11.9. The molecule has 5 heteroatoms. The van der Waals surface area contributed by atoms with Crippen LogP contribution in [0.5, 0.6) is 5.75 Å². The summed E-state index contributed by atoms with van der Waals surface area (Å²) in [4.78, 5) is 17.7. The van der Waals surface area contributed by atoms with Gasteiger partial charge in [0.15, 0.2) is 11.6 Å². The van der Waals surface area contributed by atoms with Crippen LogP contribution in [0.25, 0.3) is 0 Å². The molecule has 0 aromatic carbocycles. The highest BCUT2D eigenvalue weighted by Crippen LogP contribution is 2.17. The second-order valence-corrected chi connectivity index (χ2v) is 4.43. The Hall–Kier alpha value is -1.78. The number of nitrogens with zero attached hydrogens (tertiary/aromatic N) is 2. The van der Waals surface area contributed by atoms with Crippen LogP contribution in [0.3, 0.4) is 0 Å². The number of piperidine rings is 1. The zero-order valence-corrected chi connectivity index (χ0v) is 10.5. The molecule has 1 aromatic heterocycles. The van der Waals surface area contributed by atoms with E-state index in [1.165, 1.54) is 6.42 Å². The summed E-state index contributed by atoms with van der Waals surface area (Å²) >= 11 is 0. The van der Waals surface area contributed by atoms with Crippen LogP contribution < -0.4 is 10.5 Å². The van der Waals surface area contributed by atoms with E-state index in [-0.39, 0.29) is 5.91 Å². The number of hydrogen-bond donors (Lipinski definition) is 1. The molecule has 0 aliphatic carbocycles.